The van der Waals surface area contributed by atoms with Gasteiger partial charge in [-0.05, 0) is 74.7 Å². The summed E-state index contributed by atoms with van der Waals surface area (Å²) in [4.78, 5) is 12.8. The number of furan rings is 1. The van der Waals surface area contributed by atoms with Crippen LogP contribution in [0.5, 0.6) is 0 Å². The van der Waals surface area contributed by atoms with Gasteiger partial charge in [-0.2, -0.15) is 11.8 Å². The van der Waals surface area contributed by atoms with E-state index in [1.807, 2.05) is 11.2 Å². The SMILES string of the molecule is CSC1C([N+](=O)[O-])N1CCSCc1ccc(CNC23CC4CC(CC(C4)C2)C3)o1. The summed E-state index contributed by atoms with van der Waals surface area (Å²) in [6, 6.07) is 4.20. The fraction of sp³-hybridized carbons (Fsp3) is 0.810. The summed E-state index contributed by atoms with van der Waals surface area (Å²) in [6.45, 7) is 1.60. The molecule has 4 bridgehead atoms. The van der Waals surface area contributed by atoms with Crippen molar-refractivity contribution in [2.45, 2.75) is 67.9 Å². The molecule has 0 radical (unpaired) electrons. The van der Waals surface area contributed by atoms with Crippen LogP contribution in [-0.2, 0) is 12.3 Å². The molecule has 1 aromatic heterocycles. The Bertz CT molecular complexity index is 720. The zero-order chi connectivity index (χ0) is 20.0. The number of nitro groups is 1. The van der Waals surface area contributed by atoms with E-state index in [4.69, 9.17) is 4.42 Å². The van der Waals surface area contributed by atoms with Crippen LogP contribution in [0.4, 0.5) is 0 Å². The first kappa shape index (κ1) is 20.2. The maximum atomic E-state index is 11.0. The summed E-state index contributed by atoms with van der Waals surface area (Å²) in [5.41, 5.74) is 0.372. The van der Waals surface area contributed by atoms with Crippen LogP contribution in [0.1, 0.15) is 50.0 Å². The Morgan fingerprint density at radius 3 is 2.45 bits per heavy atom. The van der Waals surface area contributed by atoms with Gasteiger partial charge in [0.05, 0.1) is 12.3 Å². The van der Waals surface area contributed by atoms with Crippen LogP contribution in [0, 0.1) is 27.9 Å². The first-order valence-electron chi connectivity index (χ1n) is 10.9. The standard InChI is InChI=1S/C21H31N3O3S2/c1-28-20-19(24(25)26)23(20)4-5-29-13-18-3-2-17(27-18)12-22-21-9-14-6-15(10-21)8-16(7-14)11-21/h2-3,14-16,19-20,22H,4-13H2,1H3. The Balaban J connectivity index is 1.05. The van der Waals surface area contributed by atoms with Crippen LogP contribution in [0.2, 0.25) is 0 Å². The molecule has 3 unspecified atom stereocenters. The molecule has 1 saturated heterocycles. The summed E-state index contributed by atoms with van der Waals surface area (Å²) < 4.78 is 6.06. The van der Waals surface area contributed by atoms with Gasteiger partial charge in [-0.3, -0.25) is 10.1 Å². The Kier molecular flexibility index (Phi) is 5.64. The van der Waals surface area contributed by atoms with Crippen molar-refractivity contribution < 1.29 is 9.34 Å². The van der Waals surface area contributed by atoms with E-state index in [-0.39, 0.29) is 10.3 Å². The lowest BCUT2D eigenvalue weighted by atomic mass is 9.53. The molecule has 4 aliphatic carbocycles. The fourth-order valence-electron chi connectivity index (χ4n) is 6.52. The highest BCUT2D eigenvalue weighted by Gasteiger charge is 2.57. The molecule has 6 rings (SSSR count). The average Bonchev–Trinajstić information content (AvgIpc) is 3.20. The first-order chi connectivity index (χ1) is 14.0. The summed E-state index contributed by atoms with van der Waals surface area (Å²) >= 11 is 3.36. The van der Waals surface area contributed by atoms with Gasteiger partial charge in [0.15, 0.2) is 0 Å². The molecule has 0 spiro atoms. The van der Waals surface area contributed by atoms with E-state index in [0.717, 1.165) is 53.9 Å². The lowest BCUT2D eigenvalue weighted by molar-refractivity contribution is -0.505. The number of hydrogen-bond acceptors (Lipinski definition) is 7. The predicted octanol–water partition coefficient (Wildman–Crippen LogP) is 4.18. The maximum absolute atomic E-state index is 11.0. The number of nitrogens with zero attached hydrogens (tertiary/aromatic N) is 2. The van der Waals surface area contributed by atoms with Gasteiger partial charge in [0.25, 0.3) is 6.17 Å². The molecule has 4 saturated carbocycles. The van der Waals surface area contributed by atoms with Crippen molar-refractivity contribution in [1.29, 1.82) is 0 Å². The molecule has 8 heteroatoms. The summed E-state index contributed by atoms with van der Waals surface area (Å²) in [5.74, 6) is 6.65. The van der Waals surface area contributed by atoms with Crippen molar-refractivity contribution >= 4 is 23.5 Å². The number of nitrogens with one attached hydrogen (secondary N) is 1. The third-order valence-corrected chi connectivity index (χ3v) is 9.38. The number of hydrogen-bond donors (Lipinski definition) is 1. The summed E-state index contributed by atoms with van der Waals surface area (Å²) in [7, 11) is 0. The molecular formula is C21H31N3O3S2. The van der Waals surface area contributed by atoms with Gasteiger partial charge >= 0.3 is 0 Å². The van der Waals surface area contributed by atoms with E-state index >= 15 is 0 Å². The van der Waals surface area contributed by atoms with Gasteiger partial charge < -0.3 is 9.73 Å². The van der Waals surface area contributed by atoms with Gasteiger partial charge in [-0.15, -0.1) is 11.8 Å². The Hall–Kier alpha value is -0.700. The molecule has 160 valence electrons. The lowest BCUT2D eigenvalue weighted by Crippen LogP contribution is -2.58. The van der Waals surface area contributed by atoms with Crippen molar-refractivity contribution in [3.05, 3.63) is 33.8 Å². The molecule has 0 amide bonds. The minimum atomic E-state index is -0.489. The number of thioether (sulfide) groups is 2. The molecule has 3 atom stereocenters. The van der Waals surface area contributed by atoms with Gasteiger partial charge in [-0.1, -0.05) is 0 Å². The molecule has 5 fully saturated rings. The predicted molar refractivity (Wildman–Crippen MR) is 117 cm³/mol. The minimum absolute atomic E-state index is 0.0523. The fourth-order valence-corrected chi connectivity index (χ4v) is 8.29. The summed E-state index contributed by atoms with van der Waals surface area (Å²) in [6.07, 6.45) is 9.96. The smallest absolute Gasteiger partial charge is 0.294 e. The second-order valence-corrected chi connectivity index (χ2v) is 11.6. The van der Waals surface area contributed by atoms with E-state index in [9.17, 15) is 10.1 Å². The average molecular weight is 438 g/mol. The van der Waals surface area contributed by atoms with E-state index in [1.54, 1.807) is 23.5 Å². The maximum Gasteiger partial charge on any atom is 0.294 e. The number of rotatable bonds is 10. The quantitative estimate of drug-likeness (QED) is 0.255. The Labute approximate surface area is 181 Å². The van der Waals surface area contributed by atoms with Gasteiger partial charge in [-0.25, -0.2) is 4.90 Å². The molecule has 1 aliphatic heterocycles. The van der Waals surface area contributed by atoms with E-state index in [1.165, 1.54) is 38.5 Å². The normalized spacial score (nSPS) is 39.8. The Morgan fingerprint density at radius 2 is 1.86 bits per heavy atom. The third kappa shape index (κ3) is 4.23. The van der Waals surface area contributed by atoms with Gasteiger partial charge in [0.2, 0.25) is 0 Å². The van der Waals surface area contributed by atoms with Crippen LogP contribution < -0.4 is 5.32 Å². The zero-order valence-electron chi connectivity index (χ0n) is 17.0. The lowest BCUT2D eigenvalue weighted by Gasteiger charge is -2.57. The van der Waals surface area contributed by atoms with E-state index in [2.05, 4.69) is 17.4 Å². The molecule has 2 heterocycles. The monoisotopic (exact) mass is 437 g/mol. The summed E-state index contributed by atoms with van der Waals surface area (Å²) in [5, 5.41) is 14.9. The van der Waals surface area contributed by atoms with Crippen molar-refractivity contribution in [3.8, 4) is 0 Å². The van der Waals surface area contributed by atoms with E-state index < -0.39 is 6.17 Å². The molecular weight excluding hydrogens is 406 g/mol. The second kappa shape index (κ2) is 8.09. The van der Waals surface area contributed by atoms with Crippen molar-refractivity contribution in [3.63, 3.8) is 0 Å². The molecule has 6 nitrogen and oxygen atoms in total. The second-order valence-electron chi connectivity index (χ2n) is 9.54. The van der Waals surface area contributed by atoms with Crippen LogP contribution in [0.3, 0.4) is 0 Å². The highest BCUT2D eigenvalue weighted by atomic mass is 32.2. The highest BCUT2D eigenvalue weighted by molar-refractivity contribution is 7.99. The molecule has 29 heavy (non-hydrogen) atoms. The van der Waals surface area contributed by atoms with Crippen LogP contribution in [0.25, 0.3) is 0 Å². The first-order valence-corrected chi connectivity index (χ1v) is 13.3. The van der Waals surface area contributed by atoms with Gasteiger partial charge in [0, 0.05) is 22.8 Å². The van der Waals surface area contributed by atoms with Crippen molar-refractivity contribution in [1.82, 2.24) is 10.2 Å². The Morgan fingerprint density at radius 1 is 1.21 bits per heavy atom. The zero-order valence-corrected chi connectivity index (χ0v) is 18.7. The van der Waals surface area contributed by atoms with Crippen LogP contribution >= 0.6 is 23.5 Å². The van der Waals surface area contributed by atoms with Crippen molar-refractivity contribution in [2.24, 2.45) is 17.8 Å². The molecule has 1 N–H and O–H groups in total. The third-order valence-electron chi connectivity index (χ3n) is 7.42. The van der Waals surface area contributed by atoms with Crippen LogP contribution in [0.15, 0.2) is 16.5 Å². The van der Waals surface area contributed by atoms with Crippen molar-refractivity contribution in [2.75, 3.05) is 18.6 Å². The largest absolute Gasteiger partial charge is 0.464 e. The minimum Gasteiger partial charge on any atom is -0.464 e. The topological polar surface area (TPSA) is 71.3 Å². The molecule has 1 aromatic rings. The van der Waals surface area contributed by atoms with Gasteiger partial charge in [0.1, 0.15) is 16.9 Å². The molecule has 0 aromatic carbocycles. The highest BCUT2D eigenvalue weighted by Crippen LogP contribution is 2.55. The van der Waals surface area contributed by atoms with Crippen LogP contribution in [-0.4, -0.2) is 45.5 Å². The molecule has 5 aliphatic rings. The van der Waals surface area contributed by atoms with E-state index in [0.29, 0.717) is 5.54 Å².